The van der Waals surface area contributed by atoms with Crippen molar-refractivity contribution in [3.05, 3.63) is 65.4 Å². The minimum atomic E-state index is -0.270. The zero-order valence-corrected chi connectivity index (χ0v) is 17.0. The number of nitrogens with zero attached hydrogens (tertiary/aromatic N) is 3. The first-order valence-electron chi connectivity index (χ1n) is 9.59. The lowest BCUT2D eigenvalue weighted by Gasteiger charge is -2.14. The van der Waals surface area contributed by atoms with Gasteiger partial charge in [-0.05, 0) is 42.7 Å². The summed E-state index contributed by atoms with van der Waals surface area (Å²) in [6, 6.07) is 9.43. The highest BCUT2D eigenvalue weighted by Crippen LogP contribution is 2.35. The van der Waals surface area contributed by atoms with E-state index in [9.17, 15) is 4.79 Å². The molecule has 0 fully saturated rings. The van der Waals surface area contributed by atoms with Crippen molar-refractivity contribution in [1.82, 2.24) is 19.9 Å². The summed E-state index contributed by atoms with van der Waals surface area (Å²) in [5.41, 5.74) is 4.11. The highest BCUT2D eigenvalue weighted by Gasteiger charge is 2.27. The summed E-state index contributed by atoms with van der Waals surface area (Å²) < 4.78 is 13.0. The Morgan fingerprint density at radius 2 is 2.14 bits per heavy atom. The molecule has 0 saturated heterocycles. The Morgan fingerprint density at radius 3 is 2.83 bits per heavy atom. The van der Waals surface area contributed by atoms with E-state index in [1.165, 1.54) is 12.7 Å². The van der Waals surface area contributed by atoms with E-state index in [2.05, 4.69) is 41.3 Å². The molecule has 7 nitrogen and oxygen atoms in total. The molecule has 150 valence electrons. The van der Waals surface area contributed by atoms with Crippen molar-refractivity contribution in [3.8, 4) is 17.3 Å². The average Bonchev–Trinajstić information content (AvgIpc) is 3.33. The van der Waals surface area contributed by atoms with Gasteiger partial charge in [0.2, 0.25) is 5.88 Å². The standard InChI is InChI=1S/C22H24N4O3/c1-13(2)15-5-8-20-16(9-15)18(11-29-20)24-21(27)17-6-7-19(22(25-17)28-4)26-10-14(3)23-12-26/h5-10,12-13,18H,11H2,1-4H3,(H,24,27)/t18-/m1/s1. The molecule has 1 aromatic carbocycles. The summed E-state index contributed by atoms with van der Waals surface area (Å²) in [4.78, 5) is 21.5. The Kier molecular flexibility index (Phi) is 4.96. The van der Waals surface area contributed by atoms with Gasteiger partial charge in [0.15, 0.2) is 0 Å². The molecule has 0 radical (unpaired) electrons. The van der Waals surface area contributed by atoms with Gasteiger partial charge in [0.25, 0.3) is 5.91 Å². The normalized spacial score (nSPS) is 15.1. The second-order valence-electron chi connectivity index (χ2n) is 7.44. The molecule has 29 heavy (non-hydrogen) atoms. The van der Waals surface area contributed by atoms with E-state index < -0.39 is 0 Å². The van der Waals surface area contributed by atoms with Gasteiger partial charge in [-0.3, -0.25) is 4.79 Å². The number of carbonyl (C=O) groups is 1. The third kappa shape index (κ3) is 3.68. The molecule has 1 aliphatic heterocycles. The van der Waals surface area contributed by atoms with Gasteiger partial charge in [0.05, 0.1) is 25.2 Å². The predicted octanol–water partition coefficient (Wildman–Crippen LogP) is 3.57. The molecule has 0 bridgehead atoms. The molecule has 1 N–H and O–H groups in total. The van der Waals surface area contributed by atoms with E-state index in [4.69, 9.17) is 9.47 Å². The van der Waals surface area contributed by atoms with Gasteiger partial charge < -0.3 is 19.4 Å². The molecule has 4 rings (SSSR count). The molecule has 1 amide bonds. The number of rotatable bonds is 5. The lowest BCUT2D eigenvalue weighted by atomic mass is 9.98. The first-order valence-corrected chi connectivity index (χ1v) is 9.59. The van der Waals surface area contributed by atoms with E-state index in [0.717, 1.165) is 22.7 Å². The number of amides is 1. The smallest absolute Gasteiger partial charge is 0.270 e. The second-order valence-corrected chi connectivity index (χ2v) is 7.44. The van der Waals surface area contributed by atoms with Gasteiger partial charge in [-0.1, -0.05) is 19.9 Å². The van der Waals surface area contributed by atoms with Gasteiger partial charge in [0, 0.05) is 11.8 Å². The number of pyridine rings is 1. The van der Waals surface area contributed by atoms with Crippen LogP contribution in [0, 0.1) is 6.92 Å². The number of methoxy groups -OCH3 is 1. The van der Waals surface area contributed by atoms with Crippen LogP contribution < -0.4 is 14.8 Å². The SMILES string of the molecule is COc1nc(C(=O)N[C@@H]2COc3ccc(C(C)C)cc32)ccc1-n1cnc(C)c1. The number of imidazole rings is 1. The molecule has 3 heterocycles. The zero-order chi connectivity index (χ0) is 20.5. The number of carbonyl (C=O) groups excluding carboxylic acids is 1. The maximum absolute atomic E-state index is 12.8. The van der Waals surface area contributed by atoms with Gasteiger partial charge >= 0.3 is 0 Å². The van der Waals surface area contributed by atoms with E-state index in [1.807, 2.05) is 23.8 Å². The fraction of sp³-hybridized carbons (Fsp3) is 0.318. The van der Waals surface area contributed by atoms with E-state index >= 15 is 0 Å². The third-order valence-corrected chi connectivity index (χ3v) is 5.04. The topological polar surface area (TPSA) is 78.3 Å². The Balaban J connectivity index is 1.56. The molecule has 0 spiro atoms. The first-order chi connectivity index (χ1) is 14.0. The highest BCUT2D eigenvalue weighted by molar-refractivity contribution is 5.93. The lowest BCUT2D eigenvalue weighted by Crippen LogP contribution is -2.30. The molecule has 0 saturated carbocycles. The molecule has 0 aliphatic carbocycles. The van der Waals surface area contributed by atoms with Crippen molar-refractivity contribution >= 4 is 5.91 Å². The largest absolute Gasteiger partial charge is 0.491 e. The van der Waals surface area contributed by atoms with Crippen molar-refractivity contribution in [2.75, 3.05) is 13.7 Å². The van der Waals surface area contributed by atoms with Crippen LogP contribution in [0.15, 0.2) is 42.9 Å². The summed E-state index contributed by atoms with van der Waals surface area (Å²) in [7, 11) is 1.53. The zero-order valence-electron chi connectivity index (χ0n) is 17.0. The quantitative estimate of drug-likeness (QED) is 0.718. The van der Waals surface area contributed by atoms with Crippen LogP contribution in [-0.2, 0) is 0 Å². The molecule has 7 heteroatoms. The van der Waals surface area contributed by atoms with Crippen LogP contribution in [0.4, 0.5) is 0 Å². The van der Waals surface area contributed by atoms with Crippen LogP contribution in [0.1, 0.15) is 53.1 Å². The van der Waals surface area contributed by atoms with Crippen molar-refractivity contribution in [3.63, 3.8) is 0 Å². The number of hydrogen-bond acceptors (Lipinski definition) is 5. The van der Waals surface area contributed by atoms with E-state index in [0.29, 0.717) is 18.4 Å². The van der Waals surface area contributed by atoms with Crippen molar-refractivity contribution in [2.24, 2.45) is 0 Å². The lowest BCUT2D eigenvalue weighted by molar-refractivity contribution is 0.0924. The summed E-state index contributed by atoms with van der Waals surface area (Å²) in [5, 5.41) is 3.03. The number of aryl methyl sites for hydroxylation is 1. The third-order valence-electron chi connectivity index (χ3n) is 5.04. The summed E-state index contributed by atoms with van der Waals surface area (Å²) in [6.45, 7) is 6.60. The van der Waals surface area contributed by atoms with Crippen LogP contribution in [0.2, 0.25) is 0 Å². The Labute approximate surface area is 169 Å². The highest BCUT2D eigenvalue weighted by atomic mass is 16.5. The minimum absolute atomic E-state index is 0.208. The van der Waals surface area contributed by atoms with Crippen LogP contribution in [0.25, 0.3) is 5.69 Å². The van der Waals surface area contributed by atoms with Crippen LogP contribution in [0.3, 0.4) is 0 Å². The Morgan fingerprint density at radius 1 is 1.31 bits per heavy atom. The minimum Gasteiger partial charge on any atom is -0.491 e. The summed E-state index contributed by atoms with van der Waals surface area (Å²) >= 11 is 0. The predicted molar refractivity (Wildman–Crippen MR) is 109 cm³/mol. The molecule has 3 aromatic rings. The first kappa shape index (κ1) is 19.0. The summed E-state index contributed by atoms with van der Waals surface area (Å²) in [6.07, 6.45) is 3.56. The van der Waals surface area contributed by atoms with Gasteiger partial charge in [0.1, 0.15) is 23.7 Å². The second kappa shape index (κ2) is 7.58. The fourth-order valence-corrected chi connectivity index (χ4v) is 3.40. The number of benzene rings is 1. The van der Waals surface area contributed by atoms with Crippen molar-refractivity contribution in [2.45, 2.75) is 32.7 Å². The van der Waals surface area contributed by atoms with Gasteiger partial charge in [-0.15, -0.1) is 0 Å². The molecule has 2 aromatic heterocycles. The summed E-state index contributed by atoms with van der Waals surface area (Å²) in [5.74, 6) is 1.31. The van der Waals surface area contributed by atoms with Crippen molar-refractivity contribution < 1.29 is 14.3 Å². The van der Waals surface area contributed by atoms with Gasteiger partial charge in [-0.25, -0.2) is 9.97 Å². The Bertz CT molecular complexity index is 1060. The van der Waals surface area contributed by atoms with Crippen LogP contribution in [0.5, 0.6) is 11.6 Å². The monoisotopic (exact) mass is 392 g/mol. The Hall–Kier alpha value is -3.35. The fourth-order valence-electron chi connectivity index (χ4n) is 3.40. The molecule has 1 aliphatic rings. The molecular weight excluding hydrogens is 368 g/mol. The van der Waals surface area contributed by atoms with E-state index in [1.54, 1.807) is 18.5 Å². The molecular formula is C22H24N4O3. The molecule has 0 unspecified atom stereocenters. The molecule has 1 atom stereocenters. The van der Waals surface area contributed by atoms with Crippen LogP contribution in [-0.4, -0.2) is 34.2 Å². The number of ether oxygens (including phenoxy) is 2. The number of nitrogens with one attached hydrogen (secondary N) is 1. The van der Waals surface area contributed by atoms with Crippen LogP contribution >= 0.6 is 0 Å². The van der Waals surface area contributed by atoms with E-state index in [-0.39, 0.29) is 17.6 Å². The maximum atomic E-state index is 12.8. The maximum Gasteiger partial charge on any atom is 0.270 e. The number of hydrogen-bond donors (Lipinski definition) is 1. The average molecular weight is 392 g/mol. The number of aromatic nitrogens is 3. The number of fused-ring (bicyclic) bond motifs is 1. The van der Waals surface area contributed by atoms with Gasteiger partial charge in [-0.2, -0.15) is 0 Å². The van der Waals surface area contributed by atoms with Crippen molar-refractivity contribution in [1.29, 1.82) is 0 Å².